The maximum Gasteiger partial charge on any atom is 0.407 e. The summed E-state index contributed by atoms with van der Waals surface area (Å²) in [5.74, 6) is -0.0156. The average molecular weight is 321 g/mol. The molecular formula is C17H24FN3O2. The number of amides is 1. The molecule has 1 aromatic rings. The van der Waals surface area contributed by atoms with Gasteiger partial charge in [0, 0.05) is 39.3 Å². The van der Waals surface area contributed by atoms with Crippen LogP contribution in [0, 0.1) is 18.7 Å². The third kappa shape index (κ3) is 3.48. The summed E-state index contributed by atoms with van der Waals surface area (Å²) < 4.78 is 13.4. The molecule has 0 radical (unpaired) electrons. The molecule has 2 aliphatic heterocycles. The van der Waals surface area contributed by atoms with Gasteiger partial charge in [-0.2, -0.15) is 0 Å². The van der Waals surface area contributed by atoms with Gasteiger partial charge in [-0.1, -0.05) is 6.07 Å². The van der Waals surface area contributed by atoms with Crippen LogP contribution in [0.5, 0.6) is 0 Å². The minimum atomic E-state index is -0.887. The van der Waals surface area contributed by atoms with Gasteiger partial charge in [0.1, 0.15) is 5.82 Å². The highest BCUT2D eigenvalue weighted by Crippen LogP contribution is 2.39. The van der Waals surface area contributed by atoms with Gasteiger partial charge in [-0.25, -0.2) is 9.18 Å². The van der Waals surface area contributed by atoms with E-state index in [2.05, 4.69) is 10.2 Å². The summed E-state index contributed by atoms with van der Waals surface area (Å²) in [5.41, 5.74) is 1.76. The highest BCUT2D eigenvalue weighted by atomic mass is 19.1. The third-order valence-corrected chi connectivity index (χ3v) is 5.02. The van der Waals surface area contributed by atoms with Gasteiger partial charge in [0.25, 0.3) is 0 Å². The molecule has 0 aliphatic carbocycles. The summed E-state index contributed by atoms with van der Waals surface area (Å²) in [4.78, 5) is 15.6. The molecule has 2 fully saturated rings. The van der Waals surface area contributed by atoms with E-state index in [1.807, 2.05) is 6.92 Å². The number of carbonyl (C=O) groups is 1. The van der Waals surface area contributed by atoms with Gasteiger partial charge in [-0.3, -0.25) is 0 Å². The molecule has 2 heterocycles. The monoisotopic (exact) mass is 321 g/mol. The average Bonchev–Trinajstić information content (AvgIpc) is 2.92. The van der Waals surface area contributed by atoms with Crippen molar-refractivity contribution in [2.45, 2.75) is 19.4 Å². The normalized spacial score (nSPS) is 25.7. The van der Waals surface area contributed by atoms with E-state index in [0.717, 1.165) is 50.3 Å². The Kier molecular flexibility index (Phi) is 4.82. The van der Waals surface area contributed by atoms with Gasteiger partial charge in [-0.15, -0.1) is 0 Å². The predicted molar refractivity (Wildman–Crippen MR) is 86.0 cm³/mol. The lowest BCUT2D eigenvalue weighted by Crippen LogP contribution is -2.46. The zero-order valence-electron chi connectivity index (χ0n) is 13.5. The Morgan fingerprint density at radius 2 is 2.09 bits per heavy atom. The maximum absolute atomic E-state index is 13.4. The number of halogens is 1. The number of nitrogens with one attached hydrogen (secondary N) is 1. The molecule has 3 rings (SSSR count). The molecule has 1 amide bonds. The van der Waals surface area contributed by atoms with Crippen molar-refractivity contribution in [1.29, 1.82) is 0 Å². The highest BCUT2D eigenvalue weighted by molar-refractivity contribution is 5.66. The Morgan fingerprint density at radius 3 is 2.74 bits per heavy atom. The summed E-state index contributed by atoms with van der Waals surface area (Å²) in [6.45, 7) is 7.27. The van der Waals surface area contributed by atoms with Crippen LogP contribution in [0.1, 0.15) is 23.6 Å². The van der Waals surface area contributed by atoms with Crippen LogP contribution in [0.15, 0.2) is 18.2 Å². The Hall–Kier alpha value is -1.66. The molecule has 1 aromatic carbocycles. The second-order valence-corrected chi connectivity index (χ2v) is 6.52. The van der Waals surface area contributed by atoms with Crippen LogP contribution in [-0.2, 0) is 0 Å². The van der Waals surface area contributed by atoms with Gasteiger partial charge in [0.15, 0.2) is 0 Å². The minimum absolute atomic E-state index is 0.178. The van der Waals surface area contributed by atoms with Gasteiger partial charge in [0.2, 0.25) is 0 Å². The van der Waals surface area contributed by atoms with E-state index in [1.165, 1.54) is 17.0 Å². The van der Waals surface area contributed by atoms with Crippen molar-refractivity contribution >= 4 is 6.09 Å². The third-order valence-electron chi connectivity index (χ3n) is 5.02. The zero-order valence-corrected chi connectivity index (χ0v) is 13.5. The maximum atomic E-state index is 13.4. The molecule has 0 spiro atoms. The van der Waals surface area contributed by atoms with Crippen molar-refractivity contribution in [3.63, 3.8) is 0 Å². The van der Waals surface area contributed by atoms with Gasteiger partial charge < -0.3 is 20.2 Å². The zero-order chi connectivity index (χ0) is 16.4. The molecule has 2 atom stereocenters. The first-order valence-corrected chi connectivity index (χ1v) is 8.25. The quantitative estimate of drug-likeness (QED) is 0.895. The fourth-order valence-electron chi connectivity index (χ4n) is 3.88. The second-order valence-electron chi connectivity index (χ2n) is 6.52. The smallest absolute Gasteiger partial charge is 0.407 e. The first kappa shape index (κ1) is 16.2. The number of nitrogens with zero attached hydrogens (tertiary/aromatic N) is 2. The highest BCUT2D eigenvalue weighted by Gasteiger charge is 2.39. The molecule has 2 N–H and O–H groups in total. The minimum Gasteiger partial charge on any atom is -0.465 e. The van der Waals surface area contributed by atoms with Crippen LogP contribution in [0.4, 0.5) is 9.18 Å². The van der Waals surface area contributed by atoms with E-state index in [-0.39, 0.29) is 17.8 Å². The van der Waals surface area contributed by atoms with Crippen LogP contribution in [-0.4, -0.2) is 60.3 Å². The van der Waals surface area contributed by atoms with Crippen LogP contribution in [0.2, 0.25) is 0 Å². The summed E-state index contributed by atoms with van der Waals surface area (Å²) in [6.07, 6.45) is -0.0286. The summed E-state index contributed by atoms with van der Waals surface area (Å²) in [7, 11) is 0. The Morgan fingerprint density at radius 1 is 1.35 bits per heavy atom. The van der Waals surface area contributed by atoms with Gasteiger partial charge in [-0.05, 0) is 42.5 Å². The number of likely N-dealkylation sites (tertiary alicyclic amines) is 1. The number of rotatable bonds is 3. The molecule has 23 heavy (non-hydrogen) atoms. The van der Waals surface area contributed by atoms with Crippen molar-refractivity contribution in [1.82, 2.24) is 15.1 Å². The Labute approximate surface area is 136 Å². The standard InChI is InChI=1S/C17H24FN3O2/c1-12-10-14(18)2-3-15(12)16-13(4-7-21(16)17(22)23)11-20-8-5-19-6-9-20/h2-3,10,13,16,19H,4-9,11H2,1H3,(H,22,23). The van der Waals surface area contributed by atoms with Crippen molar-refractivity contribution < 1.29 is 14.3 Å². The number of piperazine rings is 1. The summed E-state index contributed by atoms with van der Waals surface area (Å²) in [6, 6.07) is 4.50. The molecule has 5 nitrogen and oxygen atoms in total. The van der Waals surface area contributed by atoms with Gasteiger partial charge >= 0.3 is 6.09 Å². The van der Waals surface area contributed by atoms with E-state index < -0.39 is 6.09 Å². The second kappa shape index (κ2) is 6.84. The number of carboxylic acid groups (broad SMARTS) is 1. The van der Waals surface area contributed by atoms with Crippen LogP contribution in [0.3, 0.4) is 0 Å². The van der Waals surface area contributed by atoms with Crippen LogP contribution < -0.4 is 5.32 Å². The predicted octanol–water partition coefficient (Wildman–Crippen LogP) is 2.08. The topological polar surface area (TPSA) is 55.8 Å². The van der Waals surface area contributed by atoms with E-state index in [0.29, 0.717) is 6.54 Å². The molecule has 2 saturated heterocycles. The number of hydrogen-bond acceptors (Lipinski definition) is 3. The Bertz CT molecular complexity index is 575. The molecule has 0 aromatic heterocycles. The lowest BCUT2D eigenvalue weighted by molar-refractivity contribution is 0.126. The van der Waals surface area contributed by atoms with Crippen molar-refractivity contribution in [3.05, 3.63) is 35.1 Å². The van der Waals surface area contributed by atoms with E-state index in [4.69, 9.17) is 0 Å². The van der Waals surface area contributed by atoms with Crippen LogP contribution in [0.25, 0.3) is 0 Å². The Balaban J connectivity index is 1.84. The number of aryl methyl sites for hydroxylation is 1. The van der Waals surface area contributed by atoms with Crippen molar-refractivity contribution in [2.75, 3.05) is 39.3 Å². The first-order chi connectivity index (χ1) is 11.1. The molecule has 2 unspecified atom stereocenters. The lowest BCUT2D eigenvalue weighted by Gasteiger charge is -2.33. The van der Waals surface area contributed by atoms with E-state index in [1.54, 1.807) is 6.07 Å². The molecule has 2 aliphatic rings. The van der Waals surface area contributed by atoms with E-state index >= 15 is 0 Å². The largest absolute Gasteiger partial charge is 0.465 e. The fraction of sp³-hybridized carbons (Fsp3) is 0.588. The fourth-order valence-corrected chi connectivity index (χ4v) is 3.88. The van der Waals surface area contributed by atoms with Gasteiger partial charge in [0.05, 0.1) is 6.04 Å². The summed E-state index contributed by atoms with van der Waals surface area (Å²) in [5, 5.41) is 12.9. The van der Waals surface area contributed by atoms with E-state index in [9.17, 15) is 14.3 Å². The van der Waals surface area contributed by atoms with Crippen LogP contribution >= 0.6 is 0 Å². The molecule has 0 saturated carbocycles. The van der Waals surface area contributed by atoms with Crippen molar-refractivity contribution in [2.24, 2.45) is 5.92 Å². The first-order valence-electron chi connectivity index (χ1n) is 8.25. The summed E-state index contributed by atoms with van der Waals surface area (Å²) >= 11 is 0. The number of benzene rings is 1. The lowest BCUT2D eigenvalue weighted by atomic mass is 9.90. The molecule has 0 bridgehead atoms. The van der Waals surface area contributed by atoms with Crippen molar-refractivity contribution in [3.8, 4) is 0 Å². The SMILES string of the molecule is Cc1cc(F)ccc1C1C(CN2CCNCC2)CCN1C(=O)O. The molecule has 126 valence electrons. The molecular weight excluding hydrogens is 297 g/mol. The number of hydrogen-bond donors (Lipinski definition) is 2. The molecule has 6 heteroatoms.